The molecule has 0 aliphatic rings. The molecule has 0 heterocycles. The predicted molar refractivity (Wildman–Crippen MR) is 128 cm³/mol. The fourth-order valence-corrected chi connectivity index (χ4v) is 3.00. The molecule has 2 amide bonds. The molecule has 0 spiro atoms. The Morgan fingerprint density at radius 3 is 2.15 bits per heavy atom. The maximum Gasteiger partial charge on any atom is 0.306 e. The van der Waals surface area contributed by atoms with Crippen molar-refractivity contribution in [3.63, 3.8) is 0 Å². The molecular formula is C26H26N2O6. The SMILES string of the molecule is COc1ccccc1NC(=O)CCCC(=O)OCC(=O)Nc1ccc(Oc2ccccc2)cc1. The average molecular weight is 463 g/mol. The Labute approximate surface area is 197 Å². The number of hydrogen-bond donors (Lipinski definition) is 2. The quantitative estimate of drug-likeness (QED) is 0.398. The van der Waals surface area contributed by atoms with Crippen LogP contribution in [0, 0.1) is 0 Å². The summed E-state index contributed by atoms with van der Waals surface area (Å²) in [5, 5.41) is 5.39. The Morgan fingerprint density at radius 2 is 1.41 bits per heavy atom. The molecule has 0 fully saturated rings. The minimum atomic E-state index is -0.549. The third kappa shape index (κ3) is 7.98. The van der Waals surface area contributed by atoms with Crippen LogP contribution in [0.3, 0.4) is 0 Å². The molecule has 0 aromatic heterocycles. The molecule has 2 N–H and O–H groups in total. The van der Waals surface area contributed by atoms with Crippen LogP contribution in [0.25, 0.3) is 0 Å². The number of anilines is 2. The lowest BCUT2D eigenvalue weighted by Gasteiger charge is -2.10. The first-order valence-corrected chi connectivity index (χ1v) is 10.7. The van der Waals surface area contributed by atoms with Gasteiger partial charge in [-0.1, -0.05) is 30.3 Å². The van der Waals surface area contributed by atoms with Crippen LogP contribution in [0.5, 0.6) is 17.2 Å². The number of ether oxygens (including phenoxy) is 3. The summed E-state index contributed by atoms with van der Waals surface area (Å²) in [5.74, 6) is 0.647. The van der Waals surface area contributed by atoms with E-state index in [0.29, 0.717) is 35.0 Å². The van der Waals surface area contributed by atoms with Crippen molar-refractivity contribution in [2.24, 2.45) is 0 Å². The van der Waals surface area contributed by atoms with E-state index in [4.69, 9.17) is 14.2 Å². The highest BCUT2D eigenvalue weighted by Gasteiger charge is 2.11. The van der Waals surface area contributed by atoms with Gasteiger partial charge in [-0.05, 0) is 55.0 Å². The molecule has 176 valence electrons. The number of carbonyl (C=O) groups is 3. The highest BCUT2D eigenvalue weighted by molar-refractivity contribution is 5.93. The molecule has 3 aromatic rings. The summed E-state index contributed by atoms with van der Waals surface area (Å²) in [4.78, 5) is 36.0. The van der Waals surface area contributed by atoms with Crippen LogP contribution >= 0.6 is 0 Å². The van der Waals surface area contributed by atoms with Crippen molar-refractivity contribution in [1.82, 2.24) is 0 Å². The van der Waals surface area contributed by atoms with Crippen molar-refractivity contribution in [1.29, 1.82) is 0 Å². The van der Waals surface area contributed by atoms with Gasteiger partial charge >= 0.3 is 5.97 Å². The summed E-state index contributed by atoms with van der Waals surface area (Å²) < 4.78 is 15.9. The van der Waals surface area contributed by atoms with Crippen molar-refractivity contribution >= 4 is 29.2 Å². The highest BCUT2D eigenvalue weighted by Crippen LogP contribution is 2.24. The molecule has 8 nitrogen and oxygen atoms in total. The van der Waals surface area contributed by atoms with Gasteiger partial charge < -0.3 is 24.8 Å². The summed E-state index contributed by atoms with van der Waals surface area (Å²) >= 11 is 0. The Bertz CT molecular complexity index is 1100. The number of rotatable bonds is 11. The van der Waals surface area contributed by atoms with Crippen LogP contribution < -0.4 is 20.1 Å². The average Bonchev–Trinajstić information content (AvgIpc) is 2.85. The largest absolute Gasteiger partial charge is 0.495 e. The van der Waals surface area contributed by atoms with E-state index in [1.807, 2.05) is 30.3 Å². The summed E-state index contributed by atoms with van der Waals surface area (Å²) in [6, 6.07) is 23.2. The third-order valence-corrected chi connectivity index (χ3v) is 4.65. The number of methoxy groups -OCH3 is 1. The number of amides is 2. The lowest BCUT2D eigenvalue weighted by molar-refractivity contribution is -0.147. The molecule has 0 radical (unpaired) electrons. The zero-order valence-electron chi connectivity index (χ0n) is 18.8. The molecule has 3 rings (SSSR count). The van der Waals surface area contributed by atoms with Gasteiger partial charge in [-0.25, -0.2) is 0 Å². The fraction of sp³-hybridized carbons (Fsp3) is 0.192. The van der Waals surface area contributed by atoms with Crippen molar-refractivity contribution in [2.75, 3.05) is 24.4 Å². The molecule has 0 aliphatic carbocycles. The van der Waals surface area contributed by atoms with Gasteiger partial charge in [0.05, 0.1) is 12.8 Å². The van der Waals surface area contributed by atoms with Gasteiger partial charge in [-0.3, -0.25) is 14.4 Å². The molecule has 0 atom stereocenters. The van der Waals surface area contributed by atoms with E-state index in [9.17, 15) is 14.4 Å². The van der Waals surface area contributed by atoms with Crippen LogP contribution in [-0.4, -0.2) is 31.5 Å². The Kier molecular flexibility index (Phi) is 9.04. The standard InChI is InChI=1S/C26H26N2O6/c1-32-23-11-6-5-10-22(23)28-24(29)12-7-13-26(31)33-18-25(30)27-19-14-16-21(17-15-19)34-20-8-3-2-4-9-20/h2-6,8-11,14-17H,7,12-13,18H2,1H3,(H,27,30)(H,28,29). The monoisotopic (exact) mass is 462 g/mol. The topological polar surface area (TPSA) is 103 Å². The van der Waals surface area contributed by atoms with Gasteiger partial charge in [0.25, 0.3) is 5.91 Å². The number of para-hydroxylation sites is 3. The van der Waals surface area contributed by atoms with E-state index in [1.54, 1.807) is 48.5 Å². The molecule has 8 heteroatoms. The second kappa shape index (κ2) is 12.6. The first-order valence-electron chi connectivity index (χ1n) is 10.7. The van der Waals surface area contributed by atoms with Crippen LogP contribution in [0.4, 0.5) is 11.4 Å². The number of esters is 1. The number of carbonyl (C=O) groups excluding carboxylic acids is 3. The first kappa shape index (κ1) is 24.3. The lowest BCUT2D eigenvalue weighted by Crippen LogP contribution is -2.21. The zero-order valence-corrected chi connectivity index (χ0v) is 18.8. The van der Waals surface area contributed by atoms with E-state index < -0.39 is 18.5 Å². The number of hydrogen-bond acceptors (Lipinski definition) is 6. The maximum atomic E-state index is 12.1. The lowest BCUT2D eigenvalue weighted by atomic mass is 10.2. The van der Waals surface area contributed by atoms with Crippen LogP contribution in [0.15, 0.2) is 78.9 Å². The summed E-state index contributed by atoms with van der Waals surface area (Å²) in [6.45, 7) is -0.408. The number of benzene rings is 3. The van der Waals surface area contributed by atoms with Crippen LogP contribution in [-0.2, 0) is 19.1 Å². The summed E-state index contributed by atoms with van der Waals surface area (Å²) in [6.07, 6.45) is 0.458. The van der Waals surface area contributed by atoms with Gasteiger partial charge in [0.15, 0.2) is 6.61 Å². The predicted octanol–water partition coefficient (Wildman–Crippen LogP) is 4.78. The minimum Gasteiger partial charge on any atom is -0.495 e. The fourth-order valence-electron chi connectivity index (χ4n) is 3.00. The second-order valence-corrected chi connectivity index (χ2v) is 7.25. The van der Waals surface area contributed by atoms with Gasteiger partial charge in [-0.2, -0.15) is 0 Å². The van der Waals surface area contributed by atoms with Gasteiger partial charge in [0.2, 0.25) is 5.91 Å². The summed E-state index contributed by atoms with van der Waals surface area (Å²) in [7, 11) is 1.52. The van der Waals surface area contributed by atoms with E-state index in [1.165, 1.54) is 7.11 Å². The maximum absolute atomic E-state index is 12.1. The molecule has 0 aliphatic heterocycles. The third-order valence-electron chi connectivity index (χ3n) is 4.65. The van der Waals surface area contributed by atoms with E-state index in [-0.39, 0.29) is 18.7 Å². The van der Waals surface area contributed by atoms with Crippen molar-refractivity contribution in [3.8, 4) is 17.2 Å². The molecule has 0 unspecified atom stereocenters. The zero-order chi connectivity index (χ0) is 24.2. The Hall–Kier alpha value is -4.33. The van der Waals surface area contributed by atoms with Crippen molar-refractivity contribution in [3.05, 3.63) is 78.9 Å². The highest BCUT2D eigenvalue weighted by atomic mass is 16.5. The molecule has 34 heavy (non-hydrogen) atoms. The minimum absolute atomic E-state index is 0.0259. The van der Waals surface area contributed by atoms with Crippen molar-refractivity contribution < 1.29 is 28.6 Å². The van der Waals surface area contributed by atoms with Crippen molar-refractivity contribution in [2.45, 2.75) is 19.3 Å². The Balaban J connectivity index is 1.33. The molecule has 0 saturated carbocycles. The normalized spacial score (nSPS) is 10.1. The molecular weight excluding hydrogens is 436 g/mol. The van der Waals surface area contributed by atoms with E-state index in [0.717, 1.165) is 0 Å². The number of nitrogens with one attached hydrogen (secondary N) is 2. The van der Waals surface area contributed by atoms with Gasteiger partial charge in [0.1, 0.15) is 17.2 Å². The molecule has 0 saturated heterocycles. The van der Waals surface area contributed by atoms with E-state index in [2.05, 4.69) is 10.6 Å². The van der Waals surface area contributed by atoms with Crippen LogP contribution in [0.2, 0.25) is 0 Å². The van der Waals surface area contributed by atoms with E-state index >= 15 is 0 Å². The van der Waals surface area contributed by atoms with Gasteiger partial charge in [-0.15, -0.1) is 0 Å². The smallest absolute Gasteiger partial charge is 0.306 e. The van der Waals surface area contributed by atoms with Gasteiger partial charge in [0, 0.05) is 18.5 Å². The van der Waals surface area contributed by atoms with Crippen LogP contribution in [0.1, 0.15) is 19.3 Å². The molecule has 3 aromatic carbocycles. The Morgan fingerprint density at radius 1 is 0.735 bits per heavy atom. The second-order valence-electron chi connectivity index (χ2n) is 7.25. The summed E-state index contributed by atoms with van der Waals surface area (Å²) in [5.41, 5.74) is 1.11. The molecule has 0 bridgehead atoms. The first-order chi connectivity index (χ1) is 16.5.